The van der Waals surface area contributed by atoms with Crippen molar-refractivity contribution >= 4 is 6.29 Å². The molecule has 0 aliphatic carbocycles. The Bertz CT molecular complexity index is 265. The van der Waals surface area contributed by atoms with Gasteiger partial charge in [0.15, 0.2) is 0 Å². The van der Waals surface area contributed by atoms with Crippen LogP contribution in [0.5, 0.6) is 0 Å². The number of rotatable bonds is 12. The fourth-order valence-corrected chi connectivity index (χ4v) is 2.62. The predicted molar refractivity (Wildman–Crippen MR) is 89.9 cm³/mol. The summed E-state index contributed by atoms with van der Waals surface area (Å²) in [5.41, 5.74) is 0.871. The van der Waals surface area contributed by atoms with Gasteiger partial charge in [0.05, 0.1) is 0 Å². The van der Waals surface area contributed by atoms with Crippen molar-refractivity contribution in [3.05, 3.63) is 11.6 Å². The highest BCUT2D eigenvalue weighted by molar-refractivity contribution is 5.71. The molecule has 0 N–H and O–H groups in total. The first-order valence-electron chi connectivity index (χ1n) is 8.57. The number of hydrogen-bond acceptors (Lipinski definition) is 1. The smallest absolute Gasteiger partial charge is 0.145 e. The molecule has 0 spiro atoms. The highest BCUT2D eigenvalue weighted by Gasteiger charge is 2.06. The molecule has 0 radical (unpaired) electrons. The molecule has 0 amide bonds. The molecular weight excluding hydrogens is 244 g/mol. The molecule has 20 heavy (non-hydrogen) atoms. The molecule has 0 rings (SSSR count). The molecule has 2 unspecified atom stereocenters. The monoisotopic (exact) mass is 280 g/mol. The summed E-state index contributed by atoms with van der Waals surface area (Å²) in [5.74, 6) is 2.52. The summed E-state index contributed by atoms with van der Waals surface area (Å²) in [6.45, 7) is 11.3. The van der Waals surface area contributed by atoms with E-state index in [9.17, 15) is 4.79 Å². The fraction of sp³-hybridized carbons (Fsp3) is 0.842. The Balaban J connectivity index is 3.55. The molecule has 0 fully saturated rings. The molecule has 1 heteroatoms. The molecule has 0 aliphatic rings. The fourth-order valence-electron chi connectivity index (χ4n) is 2.62. The van der Waals surface area contributed by atoms with E-state index in [4.69, 9.17) is 0 Å². The van der Waals surface area contributed by atoms with Crippen LogP contribution < -0.4 is 0 Å². The summed E-state index contributed by atoms with van der Waals surface area (Å²) in [6, 6.07) is 0. The van der Waals surface area contributed by atoms with E-state index in [1.54, 1.807) is 0 Å². The van der Waals surface area contributed by atoms with Crippen LogP contribution in [0.4, 0.5) is 0 Å². The van der Waals surface area contributed by atoms with Gasteiger partial charge in [0, 0.05) is 0 Å². The van der Waals surface area contributed by atoms with Crippen molar-refractivity contribution < 1.29 is 4.79 Å². The van der Waals surface area contributed by atoms with Crippen LogP contribution in [0.15, 0.2) is 11.6 Å². The first kappa shape index (κ1) is 19.4. The molecule has 0 saturated carbocycles. The Morgan fingerprint density at radius 1 is 0.850 bits per heavy atom. The molecule has 0 aromatic rings. The van der Waals surface area contributed by atoms with E-state index in [1.165, 1.54) is 44.9 Å². The predicted octanol–water partition coefficient (Wildman–Crippen LogP) is 6.18. The number of carbonyl (C=O) groups excluding carboxylic acids is 1. The van der Waals surface area contributed by atoms with Crippen molar-refractivity contribution in [3.63, 3.8) is 0 Å². The Morgan fingerprint density at radius 3 is 1.85 bits per heavy atom. The van der Waals surface area contributed by atoms with Crippen LogP contribution in [0.1, 0.15) is 86.0 Å². The Labute approximate surface area is 127 Å². The molecule has 0 heterocycles. The van der Waals surface area contributed by atoms with Gasteiger partial charge in [-0.2, -0.15) is 0 Å². The zero-order valence-electron chi connectivity index (χ0n) is 14.5. The van der Waals surface area contributed by atoms with Gasteiger partial charge in [-0.1, -0.05) is 72.3 Å². The lowest BCUT2D eigenvalue weighted by molar-refractivity contribution is -0.104. The zero-order valence-corrected chi connectivity index (χ0v) is 14.5. The Kier molecular flexibility index (Phi) is 11.8. The summed E-state index contributed by atoms with van der Waals surface area (Å²) >= 11 is 0. The summed E-state index contributed by atoms with van der Waals surface area (Å²) in [4.78, 5) is 10.5. The van der Waals surface area contributed by atoms with Gasteiger partial charge in [0.2, 0.25) is 0 Å². The summed E-state index contributed by atoms with van der Waals surface area (Å²) in [7, 11) is 0. The lowest BCUT2D eigenvalue weighted by Crippen LogP contribution is -2.00. The van der Waals surface area contributed by atoms with Crippen molar-refractivity contribution in [1.82, 2.24) is 0 Å². The second-order valence-electron chi connectivity index (χ2n) is 7.11. The minimum absolute atomic E-state index is 0.786. The van der Waals surface area contributed by atoms with E-state index in [-0.39, 0.29) is 0 Å². The minimum atomic E-state index is 0.786. The van der Waals surface area contributed by atoms with Crippen LogP contribution in [0, 0.1) is 17.8 Å². The van der Waals surface area contributed by atoms with Crippen LogP contribution in [-0.4, -0.2) is 6.29 Å². The van der Waals surface area contributed by atoms with Crippen molar-refractivity contribution in [2.24, 2.45) is 17.8 Å². The molecule has 0 aliphatic heterocycles. The summed E-state index contributed by atoms with van der Waals surface area (Å²) < 4.78 is 0. The van der Waals surface area contributed by atoms with Crippen molar-refractivity contribution in [1.29, 1.82) is 0 Å². The van der Waals surface area contributed by atoms with Gasteiger partial charge < -0.3 is 0 Å². The molecule has 0 aromatic carbocycles. The first-order valence-corrected chi connectivity index (χ1v) is 8.57. The normalized spacial score (nSPS) is 15.4. The van der Waals surface area contributed by atoms with Gasteiger partial charge >= 0.3 is 0 Å². The molecule has 0 bridgehead atoms. The first-order chi connectivity index (χ1) is 9.45. The van der Waals surface area contributed by atoms with E-state index >= 15 is 0 Å². The third-order valence-electron chi connectivity index (χ3n) is 4.18. The van der Waals surface area contributed by atoms with Gasteiger partial charge in [0.1, 0.15) is 6.29 Å². The van der Waals surface area contributed by atoms with E-state index in [0.29, 0.717) is 0 Å². The van der Waals surface area contributed by atoms with Gasteiger partial charge in [-0.3, -0.25) is 4.79 Å². The molecular formula is C19H36O. The Morgan fingerprint density at radius 2 is 1.35 bits per heavy atom. The second-order valence-corrected chi connectivity index (χ2v) is 7.11. The number of hydrogen-bond donors (Lipinski definition) is 0. The average Bonchev–Trinajstić information content (AvgIpc) is 2.38. The van der Waals surface area contributed by atoms with Crippen LogP contribution in [0.25, 0.3) is 0 Å². The topological polar surface area (TPSA) is 17.1 Å². The summed E-state index contributed by atoms with van der Waals surface area (Å²) in [6.07, 6.45) is 13.5. The van der Waals surface area contributed by atoms with Crippen molar-refractivity contribution in [3.8, 4) is 0 Å². The average molecular weight is 280 g/mol. The van der Waals surface area contributed by atoms with Crippen molar-refractivity contribution in [2.45, 2.75) is 86.0 Å². The standard InChI is InChI=1S/C19H36O/c1-16(2)9-6-10-17(3)11-7-12-18(4)13-8-14-19(5)15-20/h14-18H,6-13H2,1-5H3/b19-14-. The molecule has 2 atom stereocenters. The van der Waals surface area contributed by atoms with Gasteiger partial charge in [0.25, 0.3) is 0 Å². The third-order valence-corrected chi connectivity index (χ3v) is 4.18. The van der Waals surface area contributed by atoms with Gasteiger partial charge in [-0.15, -0.1) is 0 Å². The van der Waals surface area contributed by atoms with E-state index in [2.05, 4.69) is 33.8 Å². The van der Waals surface area contributed by atoms with Crippen LogP contribution >= 0.6 is 0 Å². The zero-order chi connectivity index (χ0) is 15.4. The maximum Gasteiger partial charge on any atom is 0.145 e. The lowest BCUT2D eigenvalue weighted by Gasteiger charge is -2.14. The SMILES string of the molecule is C/C(C=O)=C/CCC(C)CCCC(C)CCCC(C)C. The molecule has 0 aromatic heterocycles. The third kappa shape index (κ3) is 12.4. The van der Waals surface area contributed by atoms with Gasteiger partial charge in [-0.25, -0.2) is 0 Å². The molecule has 118 valence electrons. The maximum atomic E-state index is 10.5. The number of aldehydes is 1. The number of allylic oxidation sites excluding steroid dienone is 2. The van der Waals surface area contributed by atoms with Gasteiger partial charge in [-0.05, 0) is 43.1 Å². The highest BCUT2D eigenvalue weighted by atomic mass is 16.1. The van der Waals surface area contributed by atoms with Crippen LogP contribution in [-0.2, 0) is 4.79 Å². The Hall–Kier alpha value is -0.590. The van der Waals surface area contributed by atoms with E-state index < -0.39 is 0 Å². The van der Waals surface area contributed by atoms with Crippen LogP contribution in [0.3, 0.4) is 0 Å². The quantitative estimate of drug-likeness (QED) is 0.308. The summed E-state index contributed by atoms with van der Waals surface area (Å²) in [5, 5.41) is 0. The molecule has 0 saturated heterocycles. The maximum absolute atomic E-state index is 10.5. The highest BCUT2D eigenvalue weighted by Crippen LogP contribution is 2.21. The van der Waals surface area contributed by atoms with Crippen molar-refractivity contribution in [2.75, 3.05) is 0 Å². The minimum Gasteiger partial charge on any atom is -0.298 e. The van der Waals surface area contributed by atoms with Crippen LogP contribution in [0.2, 0.25) is 0 Å². The van der Waals surface area contributed by atoms with E-state index in [0.717, 1.165) is 36.0 Å². The second kappa shape index (κ2) is 12.2. The lowest BCUT2D eigenvalue weighted by atomic mass is 9.92. The van der Waals surface area contributed by atoms with E-state index in [1.807, 2.05) is 6.92 Å². The number of carbonyl (C=O) groups is 1. The molecule has 1 nitrogen and oxygen atoms in total. The largest absolute Gasteiger partial charge is 0.298 e.